The highest BCUT2D eigenvalue weighted by molar-refractivity contribution is 5.94. The molecule has 1 N–H and O–H groups in total. The van der Waals surface area contributed by atoms with E-state index in [0.29, 0.717) is 11.8 Å². The second-order valence-electron chi connectivity index (χ2n) is 9.90. The molecule has 5 heterocycles. The smallest absolute Gasteiger partial charge is 0.186 e. The maximum atomic E-state index is 5.67. The Labute approximate surface area is 219 Å². The number of anilines is 3. The standard InChI is InChI=1S/C28H34N8O.H2/c1-19(2)17-31-28(37-4)20-7-13-36(14-8-20)27-23-6-10-29-18-22(23)15-24(32-27)21-5-11-30-26(16-21)33-25-9-12-35(3)34-25;/h5-6,9-12,15-16,18-20H,7-8,13-14,17H2,1-4H3,(H,30,33,34);1H. The summed E-state index contributed by atoms with van der Waals surface area (Å²) in [6.45, 7) is 6.95. The first-order valence-electron chi connectivity index (χ1n) is 12.8. The van der Waals surface area contributed by atoms with Crippen molar-refractivity contribution in [2.45, 2.75) is 26.7 Å². The lowest BCUT2D eigenvalue weighted by Crippen LogP contribution is -2.37. The molecule has 194 valence electrons. The summed E-state index contributed by atoms with van der Waals surface area (Å²) >= 11 is 0. The van der Waals surface area contributed by atoms with Gasteiger partial charge in [-0.3, -0.25) is 14.7 Å². The summed E-state index contributed by atoms with van der Waals surface area (Å²) in [6, 6.07) is 10.1. The van der Waals surface area contributed by atoms with Gasteiger partial charge in [-0.2, -0.15) is 5.10 Å². The first kappa shape index (κ1) is 24.7. The third-order valence-electron chi connectivity index (χ3n) is 6.60. The number of fused-ring (bicyclic) bond motifs is 1. The van der Waals surface area contributed by atoms with Gasteiger partial charge >= 0.3 is 0 Å². The Hall–Kier alpha value is -4.01. The number of aliphatic imine (C=N–C) groups is 1. The van der Waals surface area contributed by atoms with Crippen molar-refractivity contribution in [3.05, 3.63) is 55.1 Å². The summed E-state index contributed by atoms with van der Waals surface area (Å²) in [5.74, 6) is 4.20. The van der Waals surface area contributed by atoms with E-state index in [1.807, 2.05) is 43.8 Å². The molecular weight excluding hydrogens is 464 g/mol. The van der Waals surface area contributed by atoms with Gasteiger partial charge in [0.2, 0.25) is 0 Å². The van der Waals surface area contributed by atoms with Crippen LogP contribution in [-0.2, 0) is 11.8 Å². The minimum absolute atomic E-state index is 0. The first-order chi connectivity index (χ1) is 18.0. The van der Waals surface area contributed by atoms with Crippen LogP contribution in [0.15, 0.2) is 60.1 Å². The van der Waals surface area contributed by atoms with Crippen LogP contribution in [0, 0.1) is 11.8 Å². The summed E-state index contributed by atoms with van der Waals surface area (Å²) < 4.78 is 7.43. The maximum absolute atomic E-state index is 5.67. The van der Waals surface area contributed by atoms with Gasteiger partial charge in [-0.25, -0.2) is 9.97 Å². The largest absolute Gasteiger partial charge is 0.484 e. The van der Waals surface area contributed by atoms with Crippen LogP contribution in [-0.4, -0.2) is 57.4 Å². The van der Waals surface area contributed by atoms with Crippen LogP contribution in [0.25, 0.3) is 22.0 Å². The molecule has 0 aromatic carbocycles. The van der Waals surface area contributed by atoms with Gasteiger partial charge in [0.1, 0.15) is 11.6 Å². The Morgan fingerprint density at radius 2 is 2.00 bits per heavy atom. The lowest BCUT2D eigenvalue weighted by molar-refractivity contribution is 0.339. The fourth-order valence-electron chi connectivity index (χ4n) is 4.71. The van der Waals surface area contributed by atoms with Crippen molar-refractivity contribution in [1.82, 2.24) is 24.7 Å². The number of aryl methyl sites for hydroxylation is 1. The van der Waals surface area contributed by atoms with Crippen molar-refractivity contribution >= 4 is 34.1 Å². The third kappa shape index (κ3) is 5.71. The molecule has 0 unspecified atom stereocenters. The minimum atomic E-state index is 0. The van der Waals surface area contributed by atoms with Crippen LogP contribution < -0.4 is 10.2 Å². The van der Waals surface area contributed by atoms with Gasteiger partial charge in [0.05, 0.1) is 12.8 Å². The number of methoxy groups -OCH3 is 1. The van der Waals surface area contributed by atoms with E-state index in [-0.39, 0.29) is 1.43 Å². The fraction of sp³-hybridized carbons (Fsp3) is 0.393. The normalized spacial score (nSPS) is 14.9. The minimum Gasteiger partial charge on any atom is -0.484 e. The zero-order chi connectivity index (χ0) is 25.8. The summed E-state index contributed by atoms with van der Waals surface area (Å²) in [4.78, 5) is 21.1. The van der Waals surface area contributed by atoms with Crippen LogP contribution >= 0.6 is 0 Å². The van der Waals surface area contributed by atoms with Crippen LogP contribution in [0.4, 0.5) is 17.5 Å². The molecule has 1 saturated heterocycles. The Balaban J connectivity index is 0.00000336. The molecule has 0 atom stereocenters. The zero-order valence-corrected chi connectivity index (χ0v) is 21.9. The Kier molecular flexibility index (Phi) is 7.30. The van der Waals surface area contributed by atoms with Crippen molar-refractivity contribution < 1.29 is 6.16 Å². The second kappa shape index (κ2) is 10.9. The third-order valence-corrected chi connectivity index (χ3v) is 6.60. The van der Waals surface area contributed by atoms with Crippen LogP contribution in [0.3, 0.4) is 0 Å². The number of ether oxygens (including phenoxy) is 1. The maximum Gasteiger partial charge on any atom is 0.186 e. The Morgan fingerprint density at radius 1 is 1.16 bits per heavy atom. The van der Waals surface area contributed by atoms with E-state index >= 15 is 0 Å². The lowest BCUT2D eigenvalue weighted by atomic mass is 9.96. The number of hydrogen-bond donors (Lipinski definition) is 1. The molecule has 1 aliphatic rings. The molecule has 0 spiro atoms. The quantitative estimate of drug-likeness (QED) is 0.271. The summed E-state index contributed by atoms with van der Waals surface area (Å²) in [6.07, 6.45) is 9.40. The average molecular weight is 501 g/mol. The summed E-state index contributed by atoms with van der Waals surface area (Å²) in [5, 5.41) is 9.83. The highest BCUT2D eigenvalue weighted by atomic mass is 16.5. The van der Waals surface area contributed by atoms with Gasteiger partial charge < -0.3 is 15.0 Å². The van der Waals surface area contributed by atoms with Crippen molar-refractivity contribution in [3.8, 4) is 11.3 Å². The van der Waals surface area contributed by atoms with Gasteiger partial charge in [-0.15, -0.1) is 0 Å². The zero-order valence-electron chi connectivity index (χ0n) is 21.9. The molecule has 0 aliphatic carbocycles. The molecule has 37 heavy (non-hydrogen) atoms. The van der Waals surface area contributed by atoms with Crippen molar-refractivity contribution in [2.75, 3.05) is 37.0 Å². The van der Waals surface area contributed by atoms with E-state index < -0.39 is 0 Å². The molecule has 9 nitrogen and oxygen atoms in total. The molecule has 5 rings (SSSR count). The SMILES string of the molecule is COC(=NCC(C)C)C1CCN(c2nc(-c3ccnc(Nc4ccn(C)n4)c3)cc3cnccc23)CC1.[HH]. The Bertz CT molecular complexity index is 1390. The molecule has 1 fully saturated rings. The monoisotopic (exact) mass is 500 g/mol. The number of nitrogens with one attached hydrogen (secondary N) is 1. The average Bonchev–Trinajstić information content (AvgIpc) is 3.33. The van der Waals surface area contributed by atoms with E-state index in [1.54, 1.807) is 18.0 Å². The molecular formula is C28H36N8O. The number of nitrogens with zero attached hydrogens (tertiary/aromatic N) is 7. The Morgan fingerprint density at radius 3 is 2.73 bits per heavy atom. The van der Waals surface area contributed by atoms with Gasteiger partial charge in [0.15, 0.2) is 11.7 Å². The number of aromatic nitrogens is 5. The highest BCUT2D eigenvalue weighted by Gasteiger charge is 2.26. The number of rotatable bonds is 7. The van der Waals surface area contributed by atoms with E-state index in [0.717, 1.165) is 77.9 Å². The van der Waals surface area contributed by atoms with Crippen molar-refractivity contribution in [1.29, 1.82) is 0 Å². The first-order valence-corrected chi connectivity index (χ1v) is 12.8. The molecule has 9 heteroatoms. The van der Waals surface area contributed by atoms with E-state index in [1.165, 1.54) is 0 Å². The summed E-state index contributed by atoms with van der Waals surface area (Å²) in [7, 11) is 3.63. The highest BCUT2D eigenvalue weighted by Crippen LogP contribution is 2.33. The van der Waals surface area contributed by atoms with Gasteiger partial charge in [-0.1, -0.05) is 13.8 Å². The predicted octanol–water partition coefficient (Wildman–Crippen LogP) is 5.33. The van der Waals surface area contributed by atoms with E-state index in [4.69, 9.17) is 14.7 Å². The summed E-state index contributed by atoms with van der Waals surface area (Å²) in [5.41, 5.74) is 1.87. The number of hydrogen-bond acceptors (Lipinski definition) is 8. The van der Waals surface area contributed by atoms with Gasteiger partial charge in [0, 0.05) is 81.2 Å². The van der Waals surface area contributed by atoms with E-state index in [2.05, 4.69) is 51.3 Å². The van der Waals surface area contributed by atoms with Crippen molar-refractivity contribution in [3.63, 3.8) is 0 Å². The molecule has 0 saturated carbocycles. The molecule has 1 aliphatic heterocycles. The topological polar surface area (TPSA) is 93.3 Å². The van der Waals surface area contributed by atoms with Gasteiger partial charge in [0.25, 0.3) is 0 Å². The molecule has 4 aromatic heterocycles. The molecule has 0 amide bonds. The second-order valence-corrected chi connectivity index (χ2v) is 9.90. The van der Waals surface area contributed by atoms with Crippen molar-refractivity contribution in [2.24, 2.45) is 23.9 Å². The fourth-order valence-corrected chi connectivity index (χ4v) is 4.71. The van der Waals surface area contributed by atoms with Crippen LogP contribution in [0.5, 0.6) is 0 Å². The predicted molar refractivity (Wildman–Crippen MR) is 150 cm³/mol. The van der Waals surface area contributed by atoms with E-state index in [9.17, 15) is 0 Å². The van der Waals surface area contributed by atoms with Gasteiger partial charge in [-0.05, 0) is 43.0 Å². The molecule has 0 bridgehead atoms. The van der Waals surface area contributed by atoms with Crippen LogP contribution in [0.2, 0.25) is 0 Å². The lowest BCUT2D eigenvalue weighted by Gasteiger charge is -2.33. The number of piperidine rings is 1. The molecule has 4 aromatic rings. The van der Waals surface area contributed by atoms with Crippen LogP contribution in [0.1, 0.15) is 28.1 Å². The molecule has 0 radical (unpaired) electrons. The number of pyridine rings is 3.